The summed E-state index contributed by atoms with van der Waals surface area (Å²) in [4.78, 5) is 10.8. The zero-order valence-corrected chi connectivity index (χ0v) is 7.42. The first-order chi connectivity index (χ1) is 4.54. The van der Waals surface area contributed by atoms with E-state index in [1.54, 1.807) is 11.8 Å². The third-order valence-electron chi connectivity index (χ3n) is 1.99. The SMILES string of the molecule is CC(C)C1(C)NC(=O)CS1. The Morgan fingerprint density at radius 1 is 1.70 bits per heavy atom. The Labute approximate surface area is 65.8 Å². The maximum atomic E-state index is 10.8. The van der Waals surface area contributed by atoms with Gasteiger partial charge in [0.05, 0.1) is 10.6 Å². The molecule has 0 aliphatic carbocycles. The van der Waals surface area contributed by atoms with Gasteiger partial charge >= 0.3 is 0 Å². The van der Waals surface area contributed by atoms with Crippen molar-refractivity contribution in [1.29, 1.82) is 0 Å². The number of rotatable bonds is 1. The molecule has 0 radical (unpaired) electrons. The van der Waals surface area contributed by atoms with E-state index in [2.05, 4.69) is 26.1 Å². The van der Waals surface area contributed by atoms with Crippen molar-refractivity contribution in [3.05, 3.63) is 0 Å². The lowest BCUT2D eigenvalue weighted by molar-refractivity contribution is -0.118. The van der Waals surface area contributed by atoms with Crippen molar-refractivity contribution in [2.75, 3.05) is 5.75 Å². The van der Waals surface area contributed by atoms with Crippen molar-refractivity contribution in [2.24, 2.45) is 5.92 Å². The molecule has 1 rings (SSSR count). The van der Waals surface area contributed by atoms with Crippen LogP contribution in [0.15, 0.2) is 0 Å². The van der Waals surface area contributed by atoms with Crippen LogP contribution < -0.4 is 5.32 Å². The Bertz CT molecular complexity index is 158. The van der Waals surface area contributed by atoms with Gasteiger partial charge in [-0.3, -0.25) is 4.79 Å². The predicted molar refractivity (Wildman–Crippen MR) is 43.8 cm³/mol. The minimum atomic E-state index is -0.0168. The van der Waals surface area contributed by atoms with Gasteiger partial charge in [-0.15, -0.1) is 11.8 Å². The summed E-state index contributed by atoms with van der Waals surface area (Å²) >= 11 is 1.70. The first kappa shape index (κ1) is 7.92. The fraction of sp³-hybridized carbons (Fsp3) is 0.857. The number of hydrogen-bond acceptors (Lipinski definition) is 2. The molecule has 1 fully saturated rings. The highest BCUT2D eigenvalue weighted by Gasteiger charge is 2.36. The summed E-state index contributed by atoms with van der Waals surface area (Å²) in [5.74, 6) is 1.29. The Balaban J connectivity index is 2.63. The molecule has 1 heterocycles. The normalized spacial score (nSPS) is 33.0. The molecular weight excluding hydrogens is 146 g/mol. The van der Waals surface area contributed by atoms with E-state index in [-0.39, 0.29) is 10.8 Å². The molecule has 1 N–H and O–H groups in total. The first-order valence-electron chi connectivity index (χ1n) is 3.49. The minimum Gasteiger partial charge on any atom is -0.341 e. The van der Waals surface area contributed by atoms with Crippen molar-refractivity contribution in [3.63, 3.8) is 0 Å². The summed E-state index contributed by atoms with van der Waals surface area (Å²) in [6.45, 7) is 6.32. The lowest BCUT2D eigenvalue weighted by Crippen LogP contribution is -2.41. The molecule has 0 aromatic carbocycles. The number of hydrogen-bond donors (Lipinski definition) is 1. The molecule has 1 atom stereocenters. The van der Waals surface area contributed by atoms with Gasteiger partial charge in [0, 0.05) is 0 Å². The second-order valence-electron chi connectivity index (χ2n) is 3.10. The molecule has 0 bridgehead atoms. The van der Waals surface area contributed by atoms with Crippen LogP contribution in [-0.4, -0.2) is 16.5 Å². The molecule has 1 amide bonds. The van der Waals surface area contributed by atoms with Crippen LogP contribution in [0.1, 0.15) is 20.8 Å². The highest BCUT2D eigenvalue weighted by Crippen LogP contribution is 2.33. The second-order valence-corrected chi connectivity index (χ2v) is 4.52. The number of thioether (sulfide) groups is 1. The molecule has 3 heteroatoms. The number of carbonyl (C=O) groups excluding carboxylic acids is 1. The maximum Gasteiger partial charge on any atom is 0.231 e. The van der Waals surface area contributed by atoms with E-state index >= 15 is 0 Å². The van der Waals surface area contributed by atoms with Gasteiger partial charge in [-0.1, -0.05) is 13.8 Å². The molecule has 1 aliphatic rings. The van der Waals surface area contributed by atoms with Crippen molar-refractivity contribution < 1.29 is 4.79 Å². The summed E-state index contributed by atoms with van der Waals surface area (Å²) in [5, 5.41) is 2.95. The average molecular weight is 159 g/mol. The van der Waals surface area contributed by atoms with Crippen LogP contribution in [0.2, 0.25) is 0 Å². The van der Waals surface area contributed by atoms with E-state index < -0.39 is 0 Å². The zero-order chi connectivity index (χ0) is 7.78. The summed E-state index contributed by atoms with van der Waals surface area (Å²) in [6.07, 6.45) is 0. The minimum absolute atomic E-state index is 0.0168. The molecule has 0 aromatic heterocycles. The standard InChI is InChI=1S/C7H13NOS/c1-5(2)7(3)8-6(9)4-10-7/h5H,4H2,1-3H3,(H,8,9). The number of carbonyl (C=O) groups is 1. The van der Waals surface area contributed by atoms with Crippen LogP contribution in [-0.2, 0) is 4.79 Å². The third-order valence-corrected chi connectivity index (χ3v) is 3.57. The van der Waals surface area contributed by atoms with E-state index in [1.807, 2.05) is 0 Å². The summed E-state index contributed by atoms with van der Waals surface area (Å²) in [5.41, 5.74) is 0. The van der Waals surface area contributed by atoms with Crippen LogP contribution in [0.3, 0.4) is 0 Å². The predicted octanol–water partition coefficient (Wildman–Crippen LogP) is 1.22. The van der Waals surface area contributed by atoms with Gasteiger partial charge in [-0.2, -0.15) is 0 Å². The average Bonchev–Trinajstić information content (AvgIpc) is 2.13. The molecular formula is C7H13NOS. The molecule has 10 heavy (non-hydrogen) atoms. The summed E-state index contributed by atoms with van der Waals surface area (Å²) in [7, 11) is 0. The molecule has 0 saturated carbocycles. The van der Waals surface area contributed by atoms with Crippen LogP contribution in [0.5, 0.6) is 0 Å². The van der Waals surface area contributed by atoms with Gasteiger partial charge in [-0.05, 0) is 12.8 Å². The Kier molecular flexibility index (Phi) is 1.95. The molecule has 1 unspecified atom stereocenters. The fourth-order valence-corrected chi connectivity index (χ4v) is 1.90. The first-order valence-corrected chi connectivity index (χ1v) is 4.48. The van der Waals surface area contributed by atoms with E-state index in [0.717, 1.165) is 0 Å². The van der Waals surface area contributed by atoms with Crippen molar-refractivity contribution >= 4 is 17.7 Å². The maximum absolute atomic E-state index is 10.8. The second kappa shape index (κ2) is 2.46. The fourth-order valence-electron chi connectivity index (χ4n) is 0.875. The van der Waals surface area contributed by atoms with Crippen molar-refractivity contribution in [1.82, 2.24) is 5.32 Å². The number of amides is 1. The van der Waals surface area contributed by atoms with Crippen LogP contribution in [0.25, 0.3) is 0 Å². The van der Waals surface area contributed by atoms with E-state index in [1.165, 1.54) is 0 Å². The van der Waals surface area contributed by atoms with E-state index in [9.17, 15) is 4.79 Å². The Morgan fingerprint density at radius 2 is 2.30 bits per heavy atom. The smallest absolute Gasteiger partial charge is 0.231 e. The monoisotopic (exact) mass is 159 g/mol. The molecule has 0 aromatic rings. The molecule has 58 valence electrons. The number of nitrogens with one attached hydrogen (secondary N) is 1. The molecule has 1 saturated heterocycles. The largest absolute Gasteiger partial charge is 0.341 e. The van der Waals surface area contributed by atoms with E-state index in [0.29, 0.717) is 11.7 Å². The molecule has 1 aliphatic heterocycles. The van der Waals surface area contributed by atoms with Crippen LogP contribution in [0.4, 0.5) is 0 Å². The summed E-state index contributed by atoms with van der Waals surface area (Å²) < 4.78 is 0. The summed E-state index contributed by atoms with van der Waals surface area (Å²) in [6, 6.07) is 0. The topological polar surface area (TPSA) is 29.1 Å². The van der Waals surface area contributed by atoms with Gasteiger partial charge in [0.25, 0.3) is 0 Å². The van der Waals surface area contributed by atoms with Gasteiger partial charge in [-0.25, -0.2) is 0 Å². The third kappa shape index (κ3) is 1.29. The van der Waals surface area contributed by atoms with Gasteiger partial charge in [0.1, 0.15) is 0 Å². The van der Waals surface area contributed by atoms with Gasteiger partial charge in [0.2, 0.25) is 5.91 Å². The zero-order valence-electron chi connectivity index (χ0n) is 6.60. The highest BCUT2D eigenvalue weighted by molar-refractivity contribution is 8.01. The quantitative estimate of drug-likeness (QED) is 0.623. The van der Waals surface area contributed by atoms with E-state index in [4.69, 9.17) is 0 Å². The van der Waals surface area contributed by atoms with Crippen LogP contribution in [0, 0.1) is 5.92 Å². The highest BCUT2D eigenvalue weighted by atomic mass is 32.2. The van der Waals surface area contributed by atoms with Crippen LogP contribution >= 0.6 is 11.8 Å². The molecule has 2 nitrogen and oxygen atoms in total. The van der Waals surface area contributed by atoms with Gasteiger partial charge < -0.3 is 5.32 Å². The lowest BCUT2D eigenvalue weighted by Gasteiger charge is -2.27. The Hall–Kier alpha value is -0.180. The molecule has 0 spiro atoms. The van der Waals surface area contributed by atoms with Gasteiger partial charge in [0.15, 0.2) is 0 Å². The Morgan fingerprint density at radius 3 is 2.50 bits per heavy atom. The van der Waals surface area contributed by atoms with Crippen molar-refractivity contribution in [2.45, 2.75) is 25.6 Å². The lowest BCUT2D eigenvalue weighted by atomic mass is 10.1. The van der Waals surface area contributed by atoms with Crippen molar-refractivity contribution in [3.8, 4) is 0 Å².